The second kappa shape index (κ2) is 5.21. The van der Waals surface area contributed by atoms with Gasteiger partial charge >= 0.3 is 0 Å². The molecular weight excluding hydrogens is 208 g/mol. The maximum absolute atomic E-state index is 4.25. The van der Waals surface area contributed by atoms with Gasteiger partial charge in [0.25, 0.3) is 0 Å². The lowest BCUT2D eigenvalue weighted by molar-refractivity contribution is 0.596. The van der Waals surface area contributed by atoms with Gasteiger partial charge < -0.3 is 10.3 Å². The molecule has 0 radical (unpaired) electrons. The average molecular weight is 224 g/mol. The van der Waals surface area contributed by atoms with Crippen molar-refractivity contribution in [3.05, 3.63) is 11.9 Å². The Balaban J connectivity index is 1.59. The summed E-state index contributed by atoms with van der Waals surface area (Å²) in [6.45, 7) is 2.96. The van der Waals surface area contributed by atoms with Gasteiger partial charge in [-0.1, -0.05) is 11.8 Å². The Hall–Kier alpha value is -0.970. The summed E-state index contributed by atoms with van der Waals surface area (Å²) >= 11 is 1.79. The molecule has 5 heteroatoms. The van der Waals surface area contributed by atoms with Gasteiger partial charge in [0.2, 0.25) is 0 Å². The molecule has 1 unspecified atom stereocenters. The number of aromatic amines is 1. The van der Waals surface area contributed by atoms with E-state index in [1.807, 2.05) is 19.5 Å². The molecule has 15 heavy (non-hydrogen) atoms. The van der Waals surface area contributed by atoms with Crippen LogP contribution in [0.4, 0.5) is 0 Å². The van der Waals surface area contributed by atoms with Crippen LogP contribution in [0.15, 0.2) is 16.3 Å². The van der Waals surface area contributed by atoms with Crippen LogP contribution in [0.1, 0.15) is 18.5 Å². The number of imidazole rings is 1. The van der Waals surface area contributed by atoms with E-state index < -0.39 is 0 Å². The molecule has 0 aliphatic carbocycles. The molecule has 0 saturated carbocycles. The first-order valence-corrected chi connectivity index (χ1v) is 6.22. The fraction of sp³-hybridized carbons (Fsp3) is 0.600. The fourth-order valence-electron chi connectivity index (χ4n) is 1.53. The van der Waals surface area contributed by atoms with Gasteiger partial charge in [-0.3, -0.25) is 4.99 Å². The molecule has 0 spiro atoms. The lowest BCUT2D eigenvalue weighted by atomic mass is 10.2. The van der Waals surface area contributed by atoms with Gasteiger partial charge in [0.1, 0.15) is 0 Å². The lowest BCUT2D eigenvalue weighted by Crippen LogP contribution is -2.24. The van der Waals surface area contributed by atoms with E-state index in [0.717, 1.165) is 23.1 Å². The molecule has 1 aliphatic rings. The molecule has 1 aromatic heterocycles. The molecule has 0 fully saturated rings. The van der Waals surface area contributed by atoms with E-state index in [0.29, 0.717) is 6.04 Å². The zero-order chi connectivity index (χ0) is 10.5. The Morgan fingerprint density at radius 3 is 3.20 bits per heavy atom. The highest BCUT2D eigenvalue weighted by Crippen LogP contribution is 2.16. The van der Waals surface area contributed by atoms with Crippen molar-refractivity contribution in [2.75, 3.05) is 12.3 Å². The van der Waals surface area contributed by atoms with Gasteiger partial charge in [-0.05, 0) is 19.8 Å². The predicted molar refractivity (Wildman–Crippen MR) is 63.6 cm³/mol. The van der Waals surface area contributed by atoms with Crippen molar-refractivity contribution in [1.29, 1.82) is 0 Å². The quantitative estimate of drug-likeness (QED) is 0.590. The van der Waals surface area contributed by atoms with Crippen LogP contribution in [0.25, 0.3) is 0 Å². The number of nitrogens with zero attached hydrogens (tertiary/aromatic N) is 2. The van der Waals surface area contributed by atoms with Crippen LogP contribution < -0.4 is 5.32 Å². The smallest absolute Gasteiger partial charge is 0.165 e. The highest BCUT2D eigenvalue weighted by atomic mass is 32.2. The summed E-state index contributed by atoms with van der Waals surface area (Å²) in [5.41, 5.74) is 1.13. The standard InChI is InChI=1S/C10H16N4S/c1-8-5-12-10(14-8)15-4-2-3-9-6-11-7-13-9/h5,7,9H,2-4,6H2,1H3,(H,11,13)(H,12,14). The van der Waals surface area contributed by atoms with Crippen LogP contribution in [0.5, 0.6) is 0 Å². The summed E-state index contributed by atoms with van der Waals surface area (Å²) in [5.74, 6) is 1.12. The highest BCUT2D eigenvalue weighted by Gasteiger charge is 2.09. The Bertz CT molecular complexity index is 326. The first kappa shape index (κ1) is 10.5. The van der Waals surface area contributed by atoms with E-state index >= 15 is 0 Å². The maximum atomic E-state index is 4.25. The van der Waals surface area contributed by atoms with Crippen molar-refractivity contribution >= 4 is 18.1 Å². The van der Waals surface area contributed by atoms with Crippen LogP contribution in [0, 0.1) is 6.92 Å². The van der Waals surface area contributed by atoms with Crippen LogP contribution in [0.3, 0.4) is 0 Å². The summed E-state index contributed by atoms with van der Waals surface area (Å²) < 4.78 is 0. The minimum absolute atomic E-state index is 0.559. The first-order chi connectivity index (χ1) is 7.34. The van der Waals surface area contributed by atoms with Crippen molar-refractivity contribution in [3.8, 4) is 0 Å². The number of hydrogen-bond acceptors (Lipinski definition) is 4. The van der Waals surface area contributed by atoms with Crippen LogP contribution in [0.2, 0.25) is 0 Å². The zero-order valence-corrected chi connectivity index (χ0v) is 9.68. The first-order valence-electron chi connectivity index (χ1n) is 5.23. The van der Waals surface area contributed by atoms with Crippen molar-refractivity contribution in [1.82, 2.24) is 15.3 Å². The van der Waals surface area contributed by atoms with Crippen molar-refractivity contribution in [2.45, 2.75) is 31.0 Å². The third-order valence-electron chi connectivity index (χ3n) is 2.34. The Kier molecular flexibility index (Phi) is 3.66. The largest absolute Gasteiger partial charge is 0.372 e. The monoisotopic (exact) mass is 224 g/mol. The summed E-state index contributed by atoms with van der Waals surface area (Å²) in [5, 5.41) is 4.27. The van der Waals surface area contributed by atoms with Crippen LogP contribution >= 0.6 is 11.8 Å². The van der Waals surface area contributed by atoms with Gasteiger partial charge in [-0.15, -0.1) is 0 Å². The third-order valence-corrected chi connectivity index (χ3v) is 3.32. The van der Waals surface area contributed by atoms with Crippen molar-refractivity contribution in [2.24, 2.45) is 4.99 Å². The van der Waals surface area contributed by atoms with Crippen molar-refractivity contribution < 1.29 is 0 Å². The van der Waals surface area contributed by atoms with E-state index in [1.54, 1.807) is 11.8 Å². The van der Waals surface area contributed by atoms with E-state index in [-0.39, 0.29) is 0 Å². The summed E-state index contributed by atoms with van der Waals surface area (Å²) in [6, 6.07) is 0.559. The van der Waals surface area contributed by atoms with Crippen LogP contribution in [-0.4, -0.2) is 34.6 Å². The molecule has 0 aromatic carbocycles. The number of rotatable bonds is 5. The highest BCUT2D eigenvalue weighted by molar-refractivity contribution is 7.99. The molecule has 0 bridgehead atoms. The molecule has 2 rings (SSSR count). The summed E-state index contributed by atoms with van der Waals surface area (Å²) in [7, 11) is 0. The molecule has 1 aliphatic heterocycles. The van der Waals surface area contributed by atoms with Gasteiger partial charge in [0.05, 0.1) is 12.9 Å². The normalized spacial score (nSPS) is 19.4. The van der Waals surface area contributed by atoms with Crippen molar-refractivity contribution in [3.63, 3.8) is 0 Å². The number of aromatic nitrogens is 2. The second-order valence-electron chi connectivity index (χ2n) is 3.72. The molecular formula is C10H16N4S. The van der Waals surface area contributed by atoms with Crippen LogP contribution in [-0.2, 0) is 0 Å². The van der Waals surface area contributed by atoms with Gasteiger partial charge in [0.15, 0.2) is 5.16 Å². The lowest BCUT2D eigenvalue weighted by Gasteiger charge is -2.07. The number of thioether (sulfide) groups is 1. The Morgan fingerprint density at radius 2 is 2.53 bits per heavy atom. The molecule has 0 amide bonds. The molecule has 4 nitrogen and oxygen atoms in total. The maximum Gasteiger partial charge on any atom is 0.165 e. The SMILES string of the molecule is Cc1cnc(SCCCC2CN=CN2)[nH]1. The molecule has 82 valence electrons. The predicted octanol–water partition coefficient (Wildman–Crippen LogP) is 1.59. The minimum Gasteiger partial charge on any atom is -0.372 e. The number of aliphatic imine (C=N–C) groups is 1. The minimum atomic E-state index is 0.559. The number of aryl methyl sites for hydroxylation is 1. The van der Waals surface area contributed by atoms with E-state index in [4.69, 9.17) is 0 Å². The fourth-order valence-corrected chi connectivity index (χ4v) is 2.39. The number of H-pyrrole nitrogens is 1. The van der Waals surface area contributed by atoms with Gasteiger partial charge in [-0.2, -0.15) is 0 Å². The third kappa shape index (κ3) is 3.27. The molecule has 2 N–H and O–H groups in total. The zero-order valence-electron chi connectivity index (χ0n) is 8.86. The van der Waals surface area contributed by atoms with Gasteiger partial charge in [0, 0.05) is 23.7 Å². The molecule has 0 saturated heterocycles. The van der Waals surface area contributed by atoms with E-state index in [1.165, 1.54) is 12.8 Å². The molecule has 1 aromatic rings. The average Bonchev–Trinajstić information content (AvgIpc) is 2.84. The Labute approximate surface area is 94.0 Å². The van der Waals surface area contributed by atoms with E-state index in [9.17, 15) is 0 Å². The second-order valence-corrected chi connectivity index (χ2v) is 4.80. The van der Waals surface area contributed by atoms with E-state index in [2.05, 4.69) is 20.3 Å². The molecule has 1 atom stereocenters. The summed E-state index contributed by atoms with van der Waals surface area (Å²) in [6.07, 6.45) is 6.07. The Morgan fingerprint density at radius 1 is 1.60 bits per heavy atom. The number of hydrogen-bond donors (Lipinski definition) is 2. The molecule has 2 heterocycles. The van der Waals surface area contributed by atoms with Gasteiger partial charge in [-0.25, -0.2) is 4.98 Å². The summed E-state index contributed by atoms with van der Waals surface area (Å²) in [4.78, 5) is 11.6. The number of nitrogens with one attached hydrogen (secondary N) is 2. The topological polar surface area (TPSA) is 53.1 Å².